The molecule has 0 aliphatic heterocycles. The number of phenols is 2. The second-order valence-electron chi connectivity index (χ2n) is 13.9. The van der Waals surface area contributed by atoms with E-state index >= 15 is 0 Å². The van der Waals surface area contributed by atoms with Gasteiger partial charge in [-0.15, -0.1) is 5.75 Å². The number of hydrogen-bond acceptors (Lipinski definition) is 3. The summed E-state index contributed by atoms with van der Waals surface area (Å²) in [5.41, 5.74) is 7.29. The third-order valence-corrected chi connectivity index (χ3v) is 7.15. The van der Waals surface area contributed by atoms with Gasteiger partial charge in [0.15, 0.2) is 0 Å². The molecule has 0 heterocycles. The molecule has 200 valence electrons. The zero-order chi connectivity index (χ0) is 28.1. The van der Waals surface area contributed by atoms with Gasteiger partial charge in [0.2, 0.25) is 0 Å². The fourth-order valence-corrected chi connectivity index (χ4v) is 4.98. The molecule has 3 aromatic rings. The molecule has 0 aliphatic rings. The van der Waals surface area contributed by atoms with E-state index in [1.54, 1.807) is 0 Å². The fourth-order valence-electron chi connectivity index (χ4n) is 4.98. The van der Waals surface area contributed by atoms with Crippen molar-refractivity contribution in [2.24, 2.45) is 0 Å². The number of aromatic hydroxyl groups is 2. The molecule has 0 bridgehead atoms. The first-order valence-electron chi connectivity index (χ1n) is 13.3. The topological polar surface area (TPSA) is 63.5 Å². The van der Waals surface area contributed by atoms with Gasteiger partial charge >= 0.3 is 18.9 Å². The number of aryl methyl sites for hydroxylation is 2. The summed E-state index contributed by atoms with van der Waals surface area (Å²) >= 11 is 0. The van der Waals surface area contributed by atoms with E-state index in [1.165, 1.54) is 0 Å². The minimum Gasteiger partial charge on any atom is -0.872 e. The van der Waals surface area contributed by atoms with E-state index in [0.29, 0.717) is 24.0 Å². The van der Waals surface area contributed by atoms with E-state index in [4.69, 9.17) is 0 Å². The van der Waals surface area contributed by atoms with Crippen LogP contribution in [0.4, 0.5) is 0 Å². The van der Waals surface area contributed by atoms with Gasteiger partial charge in [0.25, 0.3) is 0 Å². The summed E-state index contributed by atoms with van der Waals surface area (Å²) in [6.45, 7) is 23.0. The summed E-state index contributed by atoms with van der Waals surface area (Å²) in [6, 6.07) is 12.0. The van der Waals surface area contributed by atoms with Crippen molar-refractivity contribution in [3.8, 4) is 17.2 Å². The van der Waals surface area contributed by atoms with Crippen LogP contribution in [0.25, 0.3) is 0 Å². The van der Waals surface area contributed by atoms with Crippen molar-refractivity contribution in [3.05, 3.63) is 86.5 Å². The Kier molecular flexibility index (Phi) is 9.25. The minimum absolute atomic E-state index is 0. The van der Waals surface area contributed by atoms with Crippen LogP contribution < -0.4 is 24.0 Å². The maximum absolute atomic E-state index is 13.8. The molecule has 4 heteroatoms. The Morgan fingerprint density at radius 2 is 0.895 bits per heavy atom. The van der Waals surface area contributed by atoms with Crippen LogP contribution in [0.15, 0.2) is 36.4 Å². The van der Waals surface area contributed by atoms with Crippen LogP contribution in [0.3, 0.4) is 0 Å². The Labute approximate surface area is 242 Å². The van der Waals surface area contributed by atoms with Gasteiger partial charge in [-0.3, -0.25) is 0 Å². The van der Waals surface area contributed by atoms with Crippen molar-refractivity contribution in [1.29, 1.82) is 0 Å². The van der Waals surface area contributed by atoms with Crippen molar-refractivity contribution < 1.29 is 34.2 Å². The smallest absolute Gasteiger partial charge is 0.872 e. The number of benzene rings is 3. The van der Waals surface area contributed by atoms with Crippen LogP contribution in [0, 0.1) is 13.8 Å². The van der Waals surface area contributed by atoms with E-state index in [2.05, 4.69) is 62.3 Å². The normalized spacial score (nSPS) is 12.4. The number of rotatable bonds is 4. The average Bonchev–Trinajstić information content (AvgIpc) is 2.73. The Hall–Kier alpha value is -2.34. The van der Waals surface area contributed by atoms with Crippen LogP contribution in [0.5, 0.6) is 17.2 Å². The third kappa shape index (κ3) is 6.99. The summed E-state index contributed by atoms with van der Waals surface area (Å²) in [4.78, 5) is 0. The number of phenolic OH excluding ortho intramolecular Hbond substituents is 2. The summed E-state index contributed by atoms with van der Waals surface area (Å²) in [7, 11) is 0. The van der Waals surface area contributed by atoms with Gasteiger partial charge in [-0.2, -0.15) is 0 Å². The Balaban J connectivity index is 0.00000507. The first-order valence-corrected chi connectivity index (χ1v) is 13.3. The van der Waals surface area contributed by atoms with Crippen molar-refractivity contribution in [1.82, 2.24) is 0 Å². The molecule has 2 N–H and O–H groups in total. The maximum atomic E-state index is 13.8. The third-order valence-electron chi connectivity index (χ3n) is 7.15. The molecule has 0 atom stereocenters. The van der Waals surface area contributed by atoms with E-state index in [1.807, 2.05) is 50.2 Å². The zero-order valence-corrected chi connectivity index (χ0v) is 25.7. The molecule has 0 fully saturated rings. The van der Waals surface area contributed by atoms with Crippen LogP contribution in [-0.2, 0) is 29.1 Å². The van der Waals surface area contributed by atoms with Crippen LogP contribution in [0.1, 0.15) is 112 Å². The van der Waals surface area contributed by atoms with E-state index in [-0.39, 0.29) is 52.4 Å². The second-order valence-corrected chi connectivity index (χ2v) is 13.9. The van der Waals surface area contributed by atoms with E-state index in [9.17, 15) is 15.3 Å². The van der Waals surface area contributed by atoms with Crippen molar-refractivity contribution >= 4 is 0 Å². The van der Waals surface area contributed by atoms with Gasteiger partial charge in [-0.1, -0.05) is 121 Å². The molecule has 0 amide bonds. The zero-order valence-electron chi connectivity index (χ0n) is 25.7. The first-order chi connectivity index (χ1) is 16.8. The Morgan fingerprint density at radius 3 is 1.18 bits per heavy atom. The molecule has 38 heavy (non-hydrogen) atoms. The van der Waals surface area contributed by atoms with Crippen molar-refractivity contribution in [2.75, 3.05) is 0 Å². The van der Waals surface area contributed by atoms with Crippen molar-refractivity contribution in [2.45, 2.75) is 105 Å². The van der Waals surface area contributed by atoms with Crippen LogP contribution in [0.2, 0.25) is 0 Å². The van der Waals surface area contributed by atoms with E-state index < -0.39 is 0 Å². The Bertz CT molecular complexity index is 1220. The quantitative estimate of drug-likeness (QED) is 0.495. The molecular weight excluding hydrogens is 463 g/mol. The second kappa shape index (κ2) is 11.0. The summed E-state index contributed by atoms with van der Waals surface area (Å²) < 4.78 is 0. The van der Waals surface area contributed by atoms with Crippen LogP contribution in [-0.4, -0.2) is 10.2 Å². The molecule has 3 rings (SSSR count). The van der Waals surface area contributed by atoms with Crippen LogP contribution >= 0.6 is 0 Å². The molecule has 0 aromatic heterocycles. The predicted octanol–water partition coefficient (Wildman–Crippen LogP) is 4.87. The largest absolute Gasteiger partial charge is 1.00 e. The minimum atomic E-state index is -0.211. The summed E-state index contributed by atoms with van der Waals surface area (Å²) in [5, 5.41) is 36.2. The molecule has 3 aromatic carbocycles. The predicted molar refractivity (Wildman–Crippen MR) is 153 cm³/mol. The number of hydrogen-bond donors (Lipinski definition) is 2. The van der Waals surface area contributed by atoms with Gasteiger partial charge in [0.05, 0.1) is 0 Å². The Morgan fingerprint density at radius 1 is 0.553 bits per heavy atom. The molecule has 0 aliphatic carbocycles. The van der Waals surface area contributed by atoms with Gasteiger partial charge in [0.1, 0.15) is 11.5 Å². The molecule has 0 saturated heterocycles. The molecule has 0 radical (unpaired) electrons. The van der Waals surface area contributed by atoms with Crippen molar-refractivity contribution in [3.63, 3.8) is 0 Å². The molecule has 0 spiro atoms. The molecular formula is C34H45LiO3. The van der Waals surface area contributed by atoms with Gasteiger partial charge in [-0.25, -0.2) is 0 Å². The van der Waals surface area contributed by atoms with Gasteiger partial charge in [-0.05, 0) is 57.9 Å². The maximum Gasteiger partial charge on any atom is 1.00 e. The summed E-state index contributed by atoms with van der Waals surface area (Å²) in [6.07, 6.45) is 0.721. The van der Waals surface area contributed by atoms with E-state index in [0.717, 1.165) is 38.9 Å². The molecule has 0 saturated carbocycles. The van der Waals surface area contributed by atoms with Gasteiger partial charge in [0, 0.05) is 12.8 Å². The fraction of sp³-hybridized carbons (Fsp3) is 0.471. The standard InChI is InChI=1S/C34H46O3.Li/c1-20-12-22(30(36)27(14-20)33(6,7)8)16-24-18-26(32(3,4)5)19-25(29(24)35)17-23-13-21(2)15-28(31(23)37)34(9,10)11;/h12-15,18-19,35-37H,16-17H2,1-11H3;/q;+1/p-1. The summed E-state index contributed by atoms with van der Waals surface area (Å²) in [5.74, 6) is 0.516. The average molecular weight is 509 g/mol. The molecule has 3 nitrogen and oxygen atoms in total. The SMILES string of the molecule is Cc1cc(Cc2cc(C(C)(C)C)cc(Cc3cc(C)cc(C(C)(C)C)c3O)c2[O-])c(O)c(C(C)(C)C)c1.[Li+]. The molecule has 0 unspecified atom stereocenters. The van der Waals surface area contributed by atoms with Gasteiger partial charge < -0.3 is 15.3 Å². The monoisotopic (exact) mass is 508 g/mol. The first kappa shape index (κ1) is 31.9.